The molecule has 8 rings (SSSR count). The number of carbonyl (C=O) groups is 1. The number of rotatable bonds is 16. The Morgan fingerprint density at radius 3 is 2.56 bits per heavy atom. The van der Waals surface area contributed by atoms with E-state index in [1.165, 1.54) is 45.4 Å². The largest absolute Gasteiger partial charge is 0.506 e. The van der Waals surface area contributed by atoms with E-state index in [-0.39, 0.29) is 28.6 Å². The summed E-state index contributed by atoms with van der Waals surface area (Å²) < 4.78 is 15.2. The van der Waals surface area contributed by atoms with Crippen LogP contribution < -0.4 is 10.9 Å². The molecule has 4 aromatic heterocycles. The first-order valence-corrected chi connectivity index (χ1v) is 27.0. The molecule has 0 aliphatic heterocycles. The minimum atomic E-state index is -2.22. The highest BCUT2D eigenvalue weighted by molar-refractivity contribution is 7.13. The van der Waals surface area contributed by atoms with Crippen molar-refractivity contribution >= 4 is 58.9 Å². The van der Waals surface area contributed by atoms with Crippen molar-refractivity contribution in [3.05, 3.63) is 107 Å². The first-order chi connectivity index (χ1) is 30.0. The van der Waals surface area contributed by atoms with E-state index >= 15 is 0 Å². The SMILES string of the molecule is Cc1ccc([C@](O)(C(=O)OC2CCC(N(C)CCCn3nnc4cc(CNCC(O[Si](C)(C)C(C)(C)C)c5ccc(O)c6[nH]c(=O)ccc56)c5c(c43)CCC5)CC2)c2cccs2)s1. The number of nitrogens with zero attached hydrogens (tertiary/aromatic N) is 4. The van der Waals surface area contributed by atoms with Crippen molar-refractivity contribution in [3.8, 4) is 5.75 Å². The van der Waals surface area contributed by atoms with Crippen molar-refractivity contribution in [1.82, 2.24) is 30.2 Å². The first kappa shape index (κ1) is 45.3. The summed E-state index contributed by atoms with van der Waals surface area (Å²) in [5, 5.41) is 38.2. The highest BCUT2D eigenvalue weighted by Gasteiger charge is 2.45. The molecule has 2 aromatic carbocycles. The third-order valence-electron chi connectivity index (χ3n) is 13.8. The summed E-state index contributed by atoms with van der Waals surface area (Å²) in [5.74, 6) is -0.543. The number of phenols is 1. The van der Waals surface area contributed by atoms with Crippen LogP contribution in [-0.2, 0) is 45.5 Å². The second-order valence-electron chi connectivity index (χ2n) is 19.1. The molecule has 336 valence electrons. The Morgan fingerprint density at radius 2 is 1.84 bits per heavy atom. The minimum absolute atomic E-state index is 0.0123. The molecule has 0 spiro atoms. The zero-order valence-electron chi connectivity index (χ0n) is 37.6. The topological polar surface area (TPSA) is 155 Å². The summed E-state index contributed by atoms with van der Waals surface area (Å²) in [6.45, 7) is 16.1. The number of H-pyrrole nitrogens is 1. The van der Waals surface area contributed by atoms with Crippen LogP contribution in [0.3, 0.4) is 0 Å². The fraction of sp³-hybridized carbons (Fsp3) is 0.500. The number of phenolic OH excluding ortho intramolecular Hbond substituents is 1. The number of nitrogens with one attached hydrogen (secondary N) is 2. The Balaban J connectivity index is 0.885. The average molecular weight is 911 g/mol. The Labute approximate surface area is 378 Å². The zero-order valence-corrected chi connectivity index (χ0v) is 40.3. The molecule has 1 unspecified atom stereocenters. The predicted octanol–water partition coefficient (Wildman–Crippen LogP) is 8.86. The lowest BCUT2D eigenvalue weighted by atomic mass is 9.91. The standard InChI is InChI=1S/C48H62N6O6S2Si/c1-30-14-22-42(62-30)48(58,41-13-9-26-61-41)46(57)59-33-17-15-32(16-18-33)53(5)24-10-25-54-45-37-12-8-11-34(37)31(27-38(45)51-52-54)28-49-29-40(60-63(6,7)47(2,3)4)35-19-21-39(55)44-36(35)20-23-43(56)50-44/h9,13-14,19-23,26-27,32-33,40,49,55,58H,8,10-12,15-18,24-25,28-29H2,1-7H3,(H,50,56)/t32?,33?,40?,48-/m0/s1. The maximum Gasteiger partial charge on any atom is 0.349 e. The smallest absolute Gasteiger partial charge is 0.349 e. The van der Waals surface area contributed by atoms with E-state index in [1.807, 2.05) is 36.6 Å². The Hall–Kier alpha value is -4.22. The molecule has 2 aliphatic carbocycles. The molecule has 0 radical (unpaired) electrons. The quantitative estimate of drug-likeness (QED) is 0.0547. The van der Waals surface area contributed by atoms with E-state index < -0.39 is 19.9 Å². The molecular formula is C48H62N6O6S2Si. The van der Waals surface area contributed by atoms with E-state index in [2.05, 4.69) is 77.2 Å². The van der Waals surface area contributed by atoms with Gasteiger partial charge in [-0.2, -0.15) is 0 Å². The number of hydrogen-bond donors (Lipinski definition) is 4. The van der Waals surface area contributed by atoms with Crippen molar-refractivity contribution in [2.45, 2.75) is 134 Å². The number of aromatic amines is 1. The van der Waals surface area contributed by atoms with E-state index in [1.54, 1.807) is 18.2 Å². The maximum absolute atomic E-state index is 13.6. The molecule has 2 aliphatic rings. The van der Waals surface area contributed by atoms with Crippen molar-refractivity contribution in [2.24, 2.45) is 0 Å². The molecular weight excluding hydrogens is 849 g/mol. The molecule has 6 aromatic rings. The van der Waals surface area contributed by atoms with Gasteiger partial charge in [0, 0.05) is 42.0 Å². The van der Waals surface area contributed by atoms with Crippen LogP contribution in [-0.4, -0.2) is 81.7 Å². The van der Waals surface area contributed by atoms with Crippen LogP contribution in [0.4, 0.5) is 0 Å². The minimum Gasteiger partial charge on any atom is -0.506 e. The molecule has 1 fully saturated rings. The van der Waals surface area contributed by atoms with Gasteiger partial charge in [0.05, 0.1) is 26.9 Å². The number of aliphatic hydroxyl groups is 1. The molecule has 15 heteroatoms. The number of pyridine rings is 1. The van der Waals surface area contributed by atoms with Gasteiger partial charge in [-0.05, 0) is 154 Å². The van der Waals surface area contributed by atoms with Gasteiger partial charge in [-0.25, -0.2) is 9.48 Å². The van der Waals surface area contributed by atoms with E-state index in [9.17, 15) is 19.8 Å². The highest BCUT2D eigenvalue weighted by atomic mass is 32.1. The average Bonchev–Trinajstić information content (AvgIpc) is 4.09. The van der Waals surface area contributed by atoms with Gasteiger partial charge in [-0.1, -0.05) is 38.1 Å². The predicted molar refractivity (Wildman–Crippen MR) is 254 cm³/mol. The summed E-state index contributed by atoms with van der Waals surface area (Å²) in [4.78, 5) is 33.3. The van der Waals surface area contributed by atoms with E-state index in [4.69, 9.17) is 9.16 Å². The van der Waals surface area contributed by atoms with Crippen molar-refractivity contribution in [2.75, 3.05) is 20.1 Å². The highest BCUT2D eigenvalue weighted by Crippen LogP contribution is 2.42. The molecule has 4 N–H and O–H groups in total. The van der Waals surface area contributed by atoms with Gasteiger partial charge in [-0.15, -0.1) is 27.8 Å². The number of benzene rings is 2. The van der Waals surface area contributed by atoms with Gasteiger partial charge < -0.3 is 34.6 Å². The van der Waals surface area contributed by atoms with Crippen LogP contribution in [0.1, 0.15) is 102 Å². The molecule has 0 saturated heterocycles. The fourth-order valence-electron chi connectivity index (χ4n) is 9.21. The number of aryl methyl sites for hydroxylation is 3. The fourth-order valence-corrected chi connectivity index (χ4v) is 12.3. The van der Waals surface area contributed by atoms with Crippen LogP contribution in [0.15, 0.2) is 64.8 Å². The monoisotopic (exact) mass is 910 g/mol. The van der Waals surface area contributed by atoms with Crippen LogP contribution in [0.2, 0.25) is 18.1 Å². The first-order valence-electron chi connectivity index (χ1n) is 22.4. The number of esters is 1. The number of hydrogen-bond acceptors (Lipinski definition) is 12. The van der Waals surface area contributed by atoms with Gasteiger partial charge in [0.25, 0.3) is 0 Å². The van der Waals surface area contributed by atoms with Gasteiger partial charge in [0.1, 0.15) is 17.4 Å². The van der Waals surface area contributed by atoms with Gasteiger partial charge in [0.15, 0.2) is 8.32 Å². The Morgan fingerprint density at radius 1 is 1.06 bits per heavy atom. The summed E-state index contributed by atoms with van der Waals surface area (Å²) in [5.41, 5.74) is 5.39. The summed E-state index contributed by atoms with van der Waals surface area (Å²) in [6, 6.07) is 16.9. The summed E-state index contributed by atoms with van der Waals surface area (Å²) >= 11 is 2.79. The third kappa shape index (κ3) is 9.33. The van der Waals surface area contributed by atoms with E-state index in [0.717, 1.165) is 91.3 Å². The number of aromatic hydroxyl groups is 1. The normalized spacial score (nSPS) is 18.6. The molecule has 63 heavy (non-hydrogen) atoms. The van der Waals surface area contributed by atoms with Gasteiger partial charge in [0.2, 0.25) is 11.2 Å². The summed E-state index contributed by atoms with van der Waals surface area (Å²) in [6.07, 6.45) is 6.93. The molecule has 0 amide bonds. The Bertz CT molecular complexity index is 2630. The molecule has 12 nitrogen and oxygen atoms in total. The third-order valence-corrected chi connectivity index (χ3v) is 20.4. The van der Waals surface area contributed by atoms with Crippen molar-refractivity contribution in [3.63, 3.8) is 0 Å². The zero-order chi connectivity index (χ0) is 44.7. The van der Waals surface area contributed by atoms with Crippen LogP contribution >= 0.6 is 22.7 Å². The lowest BCUT2D eigenvalue weighted by Crippen LogP contribution is -2.43. The van der Waals surface area contributed by atoms with E-state index in [0.29, 0.717) is 34.4 Å². The van der Waals surface area contributed by atoms with Gasteiger partial charge in [-0.3, -0.25) is 4.79 Å². The second-order valence-corrected chi connectivity index (χ2v) is 26.1. The number of fused-ring (bicyclic) bond motifs is 4. The van der Waals surface area contributed by atoms with Crippen molar-refractivity contribution in [1.29, 1.82) is 0 Å². The van der Waals surface area contributed by atoms with Crippen molar-refractivity contribution < 1.29 is 24.2 Å². The van der Waals surface area contributed by atoms with Crippen LogP contribution in [0.25, 0.3) is 21.9 Å². The maximum atomic E-state index is 13.6. The number of aromatic nitrogens is 4. The molecule has 2 atom stereocenters. The number of carbonyl (C=O) groups excluding carboxylic acids is 1. The van der Waals surface area contributed by atoms with Gasteiger partial charge >= 0.3 is 5.97 Å². The molecule has 4 heterocycles. The lowest BCUT2D eigenvalue weighted by molar-refractivity contribution is -0.169. The lowest BCUT2D eigenvalue weighted by Gasteiger charge is -2.39. The second kappa shape index (κ2) is 18.3. The summed E-state index contributed by atoms with van der Waals surface area (Å²) in [7, 11) is -0.0347. The molecule has 1 saturated carbocycles. The number of thiophene rings is 2. The molecule has 0 bridgehead atoms. The Kier molecular flexibility index (Phi) is 13.2. The van der Waals surface area contributed by atoms with Crippen LogP contribution in [0.5, 0.6) is 5.75 Å². The van der Waals surface area contributed by atoms with Crippen LogP contribution in [0, 0.1) is 6.92 Å². The number of ether oxygens (including phenoxy) is 1.